The standard InChI is InChI=1S/C12H20N4/c1-4-6-13-10-5-7-14-12-11(10)15-8-16(12)9(2)3/h7-10,13H,4-6H2,1-3H3. The predicted molar refractivity (Wildman–Crippen MR) is 66.4 cm³/mol. The van der Waals surface area contributed by atoms with Gasteiger partial charge in [0.05, 0.1) is 12.4 Å². The van der Waals surface area contributed by atoms with Crippen LogP contribution in [0.1, 0.15) is 51.4 Å². The van der Waals surface area contributed by atoms with Crippen LogP contribution in [0.5, 0.6) is 0 Å². The molecule has 0 radical (unpaired) electrons. The summed E-state index contributed by atoms with van der Waals surface area (Å²) in [5.74, 6) is 1.02. The van der Waals surface area contributed by atoms with Crippen molar-refractivity contribution in [2.24, 2.45) is 4.99 Å². The van der Waals surface area contributed by atoms with Gasteiger partial charge in [0.2, 0.25) is 0 Å². The largest absolute Gasteiger partial charge is 0.313 e. The summed E-state index contributed by atoms with van der Waals surface area (Å²) in [4.78, 5) is 8.97. The number of hydrogen-bond donors (Lipinski definition) is 1. The van der Waals surface area contributed by atoms with Gasteiger partial charge in [0, 0.05) is 18.7 Å². The molecular formula is C12H20N4. The molecule has 1 aliphatic rings. The lowest BCUT2D eigenvalue weighted by molar-refractivity contribution is 0.533. The van der Waals surface area contributed by atoms with Gasteiger partial charge in [0.15, 0.2) is 5.82 Å². The second kappa shape index (κ2) is 4.78. The number of fused-ring (bicyclic) bond motifs is 1. The fourth-order valence-electron chi connectivity index (χ4n) is 1.98. The Kier molecular flexibility index (Phi) is 3.39. The molecule has 88 valence electrons. The number of rotatable bonds is 4. The monoisotopic (exact) mass is 220 g/mol. The molecule has 0 fully saturated rings. The van der Waals surface area contributed by atoms with Gasteiger partial charge in [-0.3, -0.25) is 0 Å². The smallest absolute Gasteiger partial charge is 0.157 e. The molecular weight excluding hydrogens is 200 g/mol. The van der Waals surface area contributed by atoms with E-state index in [9.17, 15) is 0 Å². The number of imidazole rings is 1. The van der Waals surface area contributed by atoms with Crippen LogP contribution in [0.3, 0.4) is 0 Å². The third-order valence-corrected chi connectivity index (χ3v) is 2.88. The van der Waals surface area contributed by atoms with Gasteiger partial charge in [-0.05, 0) is 26.8 Å². The summed E-state index contributed by atoms with van der Waals surface area (Å²) in [5.41, 5.74) is 1.10. The zero-order chi connectivity index (χ0) is 11.5. The molecule has 4 heteroatoms. The maximum atomic E-state index is 4.50. The topological polar surface area (TPSA) is 42.2 Å². The van der Waals surface area contributed by atoms with Gasteiger partial charge in [-0.2, -0.15) is 0 Å². The Hall–Kier alpha value is -1.16. The van der Waals surface area contributed by atoms with Crippen molar-refractivity contribution in [1.29, 1.82) is 0 Å². The van der Waals surface area contributed by atoms with E-state index in [2.05, 4.69) is 40.6 Å². The molecule has 1 aromatic heterocycles. The fraction of sp³-hybridized carbons (Fsp3) is 0.667. The molecule has 1 atom stereocenters. The number of aromatic nitrogens is 2. The molecule has 0 bridgehead atoms. The van der Waals surface area contributed by atoms with Gasteiger partial charge in [-0.25, -0.2) is 9.98 Å². The lowest BCUT2D eigenvalue weighted by atomic mass is 10.1. The molecule has 0 saturated carbocycles. The highest BCUT2D eigenvalue weighted by Crippen LogP contribution is 2.31. The van der Waals surface area contributed by atoms with Crippen LogP contribution in [0.2, 0.25) is 0 Å². The van der Waals surface area contributed by atoms with E-state index < -0.39 is 0 Å². The molecule has 0 aromatic carbocycles. The second-order valence-electron chi connectivity index (χ2n) is 4.51. The minimum Gasteiger partial charge on any atom is -0.313 e. The summed E-state index contributed by atoms with van der Waals surface area (Å²) in [6.07, 6.45) is 5.99. The van der Waals surface area contributed by atoms with Crippen molar-refractivity contribution in [2.75, 3.05) is 6.54 Å². The highest BCUT2D eigenvalue weighted by Gasteiger charge is 2.22. The van der Waals surface area contributed by atoms with Gasteiger partial charge >= 0.3 is 0 Å². The summed E-state index contributed by atoms with van der Waals surface area (Å²) >= 11 is 0. The van der Waals surface area contributed by atoms with E-state index >= 15 is 0 Å². The summed E-state index contributed by atoms with van der Waals surface area (Å²) in [6, 6.07) is 0.755. The number of aliphatic imine (C=N–C) groups is 1. The normalized spacial score (nSPS) is 19.1. The van der Waals surface area contributed by atoms with Gasteiger partial charge in [-0.15, -0.1) is 0 Å². The Morgan fingerprint density at radius 1 is 1.56 bits per heavy atom. The molecule has 2 rings (SSSR count). The van der Waals surface area contributed by atoms with Crippen molar-refractivity contribution in [2.45, 2.75) is 45.7 Å². The Labute approximate surface area is 96.8 Å². The number of nitrogens with one attached hydrogen (secondary N) is 1. The highest BCUT2D eigenvalue weighted by atomic mass is 15.2. The van der Waals surface area contributed by atoms with Crippen molar-refractivity contribution in [1.82, 2.24) is 14.9 Å². The molecule has 4 nitrogen and oxygen atoms in total. The van der Waals surface area contributed by atoms with E-state index in [4.69, 9.17) is 0 Å². The first kappa shape index (κ1) is 11.3. The Bertz CT molecular complexity index is 378. The molecule has 1 unspecified atom stereocenters. The molecule has 0 amide bonds. The van der Waals surface area contributed by atoms with Crippen molar-refractivity contribution in [3.8, 4) is 0 Å². The van der Waals surface area contributed by atoms with Crippen molar-refractivity contribution in [3.63, 3.8) is 0 Å². The number of hydrogen-bond acceptors (Lipinski definition) is 3. The van der Waals surface area contributed by atoms with Crippen LogP contribution in [-0.2, 0) is 0 Å². The van der Waals surface area contributed by atoms with E-state index in [1.165, 1.54) is 0 Å². The Morgan fingerprint density at radius 3 is 3.06 bits per heavy atom. The SMILES string of the molecule is CCCNC1CC=Nc2c1ncn2C(C)C. The average Bonchev–Trinajstić information content (AvgIpc) is 2.70. The van der Waals surface area contributed by atoms with Crippen LogP contribution in [-0.4, -0.2) is 22.3 Å². The van der Waals surface area contributed by atoms with Gasteiger partial charge in [0.25, 0.3) is 0 Å². The van der Waals surface area contributed by atoms with E-state index in [1.807, 2.05) is 12.5 Å². The zero-order valence-electron chi connectivity index (χ0n) is 10.3. The first-order valence-corrected chi connectivity index (χ1v) is 6.06. The zero-order valence-corrected chi connectivity index (χ0v) is 10.3. The van der Waals surface area contributed by atoms with Crippen molar-refractivity contribution >= 4 is 12.0 Å². The fourth-order valence-corrected chi connectivity index (χ4v) is 1.98. The van der Waals surface area contributed by atoms with Crippen LogP contribution in [0.25, 0.3) is 0 Å². The average molecular weight is 220 g/mol. The summed E-state index contributed by atoms with van der Waals surface area (Å²) in [6.45, 7) is 7.52. The molecule has 0 aliphatic carbocycles. The third kappa shape index (κ3) is 2.02. The Balaban J connectivity index is 2.24. The van der Waals surface area contributed by atoms with Gasteiger partial charge in [-0.1, -0.05) is 6.92 Å². The quantitative estimate of drug-likeness (QED) is 0.847. The first-order chi connectivity index (χ1) is 7.74. The maximum absolute atomic E-state index is 4.50. The molecule has 2 heterocycles. The van der Waals surface area contributed by atoms with E-state index in [0.29, 0.717) is 12.1 Å². The van der Waals surface area contributed by atoms with Crippen molar-refractivity contribution < 1.29 is 0 Å². The second-order valence-corrected chi connectivity index (χ2v) is 4.51. The van der Waals surface area contributed by atoms with Gasteiger partial charge < -0.3 is 9.88 Å². The maximum Gasteiger partial charge on any atom is 0.157 e. The summed E-state index contributed by atoms with van der Waals surface area (Å²) in [5, 5.41) is 3.51. The molecule has 0 spiro atoms. The van der Waals surface area contributed by atoms with Crippen LogP contribution in [0, 0.1) is 0 Å². The molecule has 1 N–H and O–H groups in total. The lowest BCUT2D eigenvalue weighted by Gasteiger charge is -2.19. The van der Waals surface area contributed by atoms with Crippen LogP contribution < -0.4 is 5.32 Å². The molecule has 1 aromatic rings. The van der Waals surface area contributed by atoms with Crippen LogP contribution in [0.15, 0.2) is 11.3 Å². The van der Waals surface area contributed by atoms with Crippen LogP contribution in [0.4, 0.5) is 5.82 Å². The molecule has 16 heavy (non-hydrogen) atoms. The highest BCUT2D eigenvalue weighted by molar-refractivity contribution is 5.67. The lowest BCUT2D eigenvalue weighted by Crippen LogP contribution is -2.24. The predicted octanol–water partition coefficient (Wildman–Crippen LogP) is 2.61. The van der Waals surface area contributed by atoms with Gasteiger partial charge in [0.1, 0.15) is 5.69 Å². The third-order valence-electron chi connectivity index (χ3n) is 2.88. The minimum atomic E-state index is 0.340. The minimum absolute atomic E-state index is 0.340. The summed E-state index contributed by atoms with van der Waals surface area (Å²) < 4.78 is 2.13. The molecule has 0 saturated heterocycles. The van der Waals surface area contributed by atoms with E-state index in [-0.39, 0.29) is 0 Å². The van der Waals surface area contributed by atoms with E-state index in [1.54, 1.807) is 0 Å². The molecule has 1 aliphatic heterocycles. The van der Waals surface area contributed by atoms with Crippen LogP contribution >= 0.6 is 0 Å². The number of nitrogens with zero attached hydrogens (tertiary/aromatic N) is 3. The first-order valence-electron chi connectivity index (χ1n) is 6.06. The summed E-state index contributed by atoms with van der Waals surface area (Å²) in [7, 11) is 0. The van der Waals surface area contributed by atoms with E-state index in [0.717, 1.165) is 30.9 Å². The van der Waals surface area contributed by atoms with Crippen molar-refractivity contribution in [3.05, 3.63) is 12.0 Å². The Morgan fingerprint density at radius 2 is 2.38 bits per heavy atom.